The van der Waals surface area contributed by atoms with E-state index in [1.807, 2.05) is 47.8 Å². The van der Waals surface area contributed by atoms with Crippen molar-refractivity contribution in [1.82, 2.24) is 4.57 Å². The molecule has 1 unspecified atom stereocenters. The van der Waals surface area contributed by atoms with E-state index in [9.17, 15) is 0 Å². The number of nitrogens with two attached hydrogens (primary N) is 3. The highest BCUT2D eigenvalue weighted by atomic mass is 35.5. The summed E-state index contributed by atoms with van der Waals surface area (Å²) in [6.07, 6.45) is 4.79. The maximum atomic E-state index is 9.16. The molecule has 0 aliphatic heterocycles. The monoisotopic (exact) mass is 343 g/mol. The second-order valence-corrected chi connectivity index (χ2v) is 4.77. The Morgan fingerprint density at radius 3 is 2.17 bits per heavy atom. The van der Waals surface area contributed by atoms with Gasteiger partial charge in [-0.2, -0.15) is 0 Å². The van der Waals surface area contributed by atoms with E-state index in [2.05, 4.69) is 16.9 Å². The number of hydrogen-bond acceptors (Lipinski definition) is 5. The number of nitrogens with one attached hydrogen (secondary N) is 1. The van der Waals surface area contributed by atoms with Crippen LogP contribution in [0.2, 0.25) is 0 Å². The van der Waals surface area contributed by atoms with Gasteiger partial charge in [0.25, 0.3) is 0 Å². The van der Waals surface area contributed by atoms with Crippen LogP contribution in [-0.4, -0.2) is 35.3 Å². The van der Waals surface area contributed by atoms with E-state index in [-0.39, 0.29) is 6.54 Å². The second-order valence-electron chi connectivity index (χ2n) is 4.77. The Morgan fingerprint density at radius 2 is 1.83 bits per heavy atom. The third kappa shape index (κ3) is 8.29. The summed E-state index contributed by atoms with van der Waals surface area (Å²) in [4.78, 5) is 0. The highest BCUT2D eigenvalue weighted by molar-refractivity contribution is 6.15. The van der Waals surface area contributed by atoms with Crippen LogP contribution in [0, 0.1) is 0 Å². The fourth-order valence-corrected chi connectivity index (χ4v) is 1.52. The number of imidazole rings is 1. The Kier molecular flexibility index (Phi) is 10.6. The summed E-state index contributed by atoms with van der Waals surface area (Å²) in [6, 6.07) is 7.32. The SMILES string of the molecule is CCl.Cn1cc[n+](C)c1N.NCC(O)CNc1ccc(N)cc1. The molecule has 1 aromatic heterocycles. The number of nitrogen functional groups attached to an aromatic ring is 2. The van der Waals surface area contributed by atoms with Crippen LogP contribution < -0.4 is 27.1 Å². The smallest absolute Gasteiger partial charge is 0.354 e. The van der Waals surface area contributed by atoms with Crippen LogP contribution in [-0.2, 0) is 14.1 Å². The van der Waals surface area contributed by atoms with Gasteiger partial charge >= 0.3 is 5.95 Å². The molecule has 0 saturated heterocycles. The fraction of sp³-hybridized carbons (Fsp3) is 0.400. The summed E-state index contributed by atoms with van der Waals surface area (Å²) in [5.74, 6) is 0.769. The van der Waals surface area contributed by atoms with Gasteiger partial charge in [0.1, 0.15) is 0 Å². The molecule has 130 valence electrons. The van der Waals surface area contributed by atoms with Crippen molar-refractivity contribution in [3.05, 3.63) is 36.7 Å². The van der Waals surface area contributed by atoms with Gasteiger partial charge in [-0.25, -0.2) is 9.13 Å². The molecule has 0 fully saturated rings. The summed E-state index contributed by atoms with van der Waals surface area (Å²) in [6.45, 7) is 0.725. The van der Waals surface area contributed by atoms with Crippen LogP contribution in [0.1, 0.15) is 0 Å². The summed E-state index contributed by atoms with van der Waals surface area (Å²) in [5.41, 5.74) is 17.9. The van der Waals surface area contributed by atoms with E-state index in [1.165, 1.54) is 6.38 Å². The first-order valence-corrected chi connectivity index (χ1v) is 7.81. The lowest BCUT2D eigenvalue weighted by Crippen LogP contribution is -2.29. The zero-order chi connectivity index (χ0) is 17.8. The summed E-state index contributed by atoms with van der Waals surface area (Å²) >= 11 is 4.64. The number of rotatable bonds is 4. The number of aryl methyl sites for hydroxylation is 2. The second kappa shape index (κ2) is 11.6. The molecule has 23 heavy (non-hydrogen) atoms. The van der Waals surface area contributed by atoms with Crippen molar-refractivity contribution in [2.24, 2.45) is 19.8 Å². The standard InChI is InChI=1S/C9H15N3O.C5H9N3.CH3Cl/c10-5-9(13)6-12-8-3-1-7(11)2-4-8;1-7-3-4-8(2)5(7)6;1-2/h1-4,9,12-13H,5-6,10-11H2;3-4,6H,1-2H3;1H3/p+1. The number of hydrogen-bond donors (Lipinski definition) is 5. The normalized spacial score (nSPS) is 10.7. The van der Waals surface area contributed by atoms with Crippen LogP contribution in [0.15, 0.2) is 36.7 Å². The van der Waals surface area contributed by atoms with Crippen LogP contribution in [0.3, 0.4) is 0 Å². The van der Waals surface area contributed by atoms with E-state index in [0.717, 1.165) is 17.3 Å². The Morgan fingerprint density at radius 1 is 1.26 bits per heavy atom. The zero-order valence-corrected chi connectivity index (χ0v) is 14.7. The van der Waals surface area contributed by atoms with Crippen molar-refractivity contribution >= 4 is 28.9 Å². The molecule has 0 spiro atoms. The quantitative estimate of drug-likeness (QED) is 0.310. The lowest BCUT2D eigenvalue weighted by molar-refractivity contribution is -0.655. The Bertz CT molecular complexity index is 524. The van der Waals surface area contributed by atoms with Crippen molar-refractivity contribution in [2.45, 2.75) is 6.10 Å². The molecule has 0 aliphatic rings. The minimum atomic E-state index is -0.502. The molecule has 2 aromatic rings. The van der Waals surface area contributed by atoms with Crippen molar-refractivity contribution in [3.63, 3.8) is 0 Å². The minimum Gasteiger partial charge on any atom is -0.399 e. The number of halogens is 1. The van der Waals surface area contributed by atoms with Gasteiger partial charge in [0.15, 0.2) is 0 Å². The number of alkyl halides is 1. The van der Waals surface area contributed by atoms with Crippen LogP contribution in [0.25, 0.3) is 0 Å². The van der Waals surface area contributed by atoms with Gasteiger partial charge < -0.3 is 21.9 Å². The number of aliphatic hydroxyl groups is 1. The molecule has 8 heteroatoms. The van der Waals surface area contributed by atoms with E-state index in [4.69, 9.17) is 22.3 Å². The maximum absolute atomic E-state index is 9.16. The number of aromatic nitrogens is 2. The van der Waals surface area contributed by atoms with Gasteiger partial charge in [-0.1, -0.05) is 0 Å². The van der Waals surface area contributed by atoms with Gasteiger partial charge in [-0.05, 0) is 24.3 Å². The fourth-order valence-electron chi connectivity index (χ4n) is 1.52. The topological polar surface area (TPSA) is 119 Å². The van der Waals surface area contributed by atoms with Gasteiger partial charge in [-0.3, -0.25) is 5.73 Å². The molecular weight excluding hydrogens is 316 g/mol. The number of anilines is 3. The van der Waals surface area contributed by atoms with E-state index in [0.29, 0.717) is 6.54 Å². The van der Waals surface area contributed by atoms with Crippen LogP contribution >= 0.6 is 11.6 Å². The van der Waals surface area contributed by atoms with E-state index >= 15 is 0 Å². The molecular formula is C15H28ClN6O+. The number of benzene rings is 1. The third-order valence-electron chi connectivity index (χ3n) is 2.96. The lowest BCUT2D eigenvalue weighted by atomic mass is 10.2. The van der Waals surface area contributed by atoms with Gasteiger partial charge in [0, 0.05) is 30.8 Å². The van der Waals surface area contributed by atoms with E-state index < -0.39 is 6.10 Å². The zero-order valence-electron chi connectivity index (χ0n) is 13.9. The summed E-state index contributed by atoms with van der Waals surface area (Å²) in [5, 5.41) is 12.2. The van der Waals surface area contributed by atoms with Crippen molar-refractivity contribution < 1.29 is 9.67 Å². The average molecular weight is 344 g/mol. The van der Waals surface area contributed by atoms with Gasteiger partial charge in [0.05, 0.1) is 32.6 Å². The number of nitrogens with zero attached hydrogens (tertiary/aromatic N) is 2. The molecule has 7 nitrogen and oxygen atoms in total. The third-order valence-corrected chi connectivity index (χ3v) is 2.96. The lowest BCUT2D eigenvalue weighted by Gasteiger charge is -2.10. The maximum Gasteiger partial charge on any atom is 0.354 e. The highest BCUT2D eigenvalue weighted by Crippen LogP contribution is 2.09. The predicted molar refractivity (Wildman–Crippen MR) is 97.2 cm³/mol. The Hall–Kier alpha value is -1.96. The largest absolute Gasteiger partial charge is 0.399 e. The van der Waals surface area contributed by atoms with Crippen molar-refractivity contribution in [1.29, 1.82) is 0 Å². The predicted octanol–water partition coefficient (Wildman–Crippen LogP) is 0.287. The van der Waals surface area contributed by atoms with E-state index in [1.54, 1.807) is 12.1 Å². The molecule has 1 heterocycles. The van der Waals surface area contributed by atoms with Crippen molar-refractivity contribution in [2.75, 3.05) is 36.3 Å². The Labute approximate surface area is 142 Å². The molecule has 2 rings (SSSR count). The van der Waals surface area contributed by atoms with Crippen LogP contribution in [0.4, 0.5) is 17.3 Å². The van der Waals surface area contributed by atoms with Gasteiger partial charge in [-0.15, -0.1) is 11.6 Å². The first-order chi connectivity index (χ1) is 10.9. The summed E-state index contributed by atoms with van der Waals surface area (Å²) < 4.78 is 3.72. The summed E-state index contributed by atoms with van der Waals surface area (Å²) in [7, 11) is 3.82. The number of aliphatic hydroxyl groups excluding tert-OH is 1. The molecule has 0 amide bonds. The van der Waals surface area contributed by atoms with Crippen LogP contribution in [0.5, 0.6) is 0 Å². The minimum absolute atomic E-state index is 0.266. The van der Waals surface area contributed by atoms with Crippen molar-refractivity contribution in [3.8, 4) is 0 Å². The first kappa shape index (κ1) is 21.0. The highest BCUT2D eigenvalue weighted by Gasteiger charge is 2.01. The Balaban J connectivity index is 0.000000414. The molecule has 0 saturated carbocycles. The molecule has 0 bridgehead atoms. The van der Waals surface area contributed by atoms with Gasteiger partial charge in [0.2, 0.25) is 0 Å². The molecule has 0 radical (unpaired) electrons. The average Bonchev–Trinajstić information content (AvgIpc) is 2.87. The molecule has 1 aromatic carbocycles. The molecule has 0 aliphatic carbocycles. The first-order valence-electron chi connectivity index (χ1n) is 7.05. The molecule has 8 N–H and O–H groups in total. The molecule has 1 atom stereocenters.